The first-order valence-electron chi connectivity index (χ1n) is 6.84. The molecule has 0 radical (unpaired) electrons. The first-order valence-corrected chi connectivity index (χ1v) is 6.84. The zero-order valence-corrected chi connectivity index (χ0v) is 12.2. The van der Waals surface area contributed by atoms with Gasteiger partial charge in [0.2, 0.25) is 5.88 Å². The predicted octanol–water partition coefficient (Wildman–Crippen LogP) is 2.97. The molecule has 5 heteroatoms. The maximum atomic E-state index is 11.9. The summed E-state index contributed by atoms with van der Waals surface area (Å²) in [6, 6.07) is 11.2. The van der Waals surface area contributed by atoms with Crippen molar-refractivity contribution in [2.45, 2.75) is 19.9 Å². The number of pyridine rings is 1. The van der Waals surface area contributed by atoms with Gasteiger partial charge in [-0.1, -0.05) is 25.1 Å². The van der Waals surface area contributed by atoms with Crippen molar-refractivity contribution in [1.29, 1.82) is 0 Å². The van der Waals surface area contributed by atoms with Crippen LogP contribution >= 0.6 is 0 Å². The van der Waals surface area contributed by atoms with Crippen molar-refractivity contribution in [3.8, 4) is 5.88 Å². The normalized spacial score (nSPS) is 10.0. The minimum Gasteiger partial charge on any atom is -0.481 e. The molecule has 0 saturated heterocycles. The molecule has 0 bridgehead atoms. The number of amides is 2. The number of carbonyl (C=O) groups excluding carboxylic acids is 1. The molecule has 0 fully saturated rings. The number of hydrogen-bond acceptors (Lipinski definition) is 3. The Balaban J connectivity index is 1.92. The molecule has 0 spiro atoms. The van der Waals surface area contributed by atoms with Gasteiger partial charge in [0, 0.05) is 24.0 Å². The van der Waals surface area contributed by atoms with Crippen molar-refractivity contribution in [3.05, 3.63) is 53.7 Å². The van der Waals surface area contributed by atoms with Crippen LogP contribution in [0.4, 0.5) is 10.5 Å². The number of benzene rings is 1. The summed E-state index contributed by atoms with van der Waals surface area (Å²) in [5.41, 5.74) is 2.80. The number of urea groups is 1. The second kappa shape index (κ2) is 7.28. The molecule has 1 aromatic carbocycles. The van der Waals surface area contributed by atoms with Gasteiger partial charge in [-0.25, -0.2) is 9.78 Å². The maximum Gasteiger partial charge on any atom is 0.319 e. The molecule has 2 N–H and O–H groups in total. The lowest BCUT2D eigenvalue weighted by atomic mass is 10.1. The third-order valence-corrected chi connectivity index (χ3v) is 3.08. The van der Waals surface area contributed by atoms with E-state index in [4.69, 9.17) is 4.74 Å². The molecule has 2 aromatic rings. The number of ether oxygens (including phenoxy) is 1. The van der Waals surface area contributed by atoms with Crippen LogP contribution in [0.2, 0.25) is 0 Å². The fraction of sp³-hybridized carbons (Fsp3) is 0.250. The number of hydrogen-bond donors (Lipinski definition) is 2. The van der Waals surface area contributed by atoms with E-state index in [1.807, 2.05) is 36.4 Å². The number of anilines is 1. The highest BCUT2D eigenvalue weighted by Crippen LogP contribution is 2.13. The van der Waals surface area contributed by atoms with E-state index < -0.39 is 0 Å². The van der Waals surface area contributed by atoms with Crippen LogP contribution in [0.25, 0.3) is 0 Å². The minimum absolute atomic E-state index is 0.255. The molecule has 0 aliphatic carbocycles. The molecule has 0 saturated carbocycles. The van der Waals surface area contributed by atoms with Crippen LogP contribution in [0, 0.1) is 0 Å². The van der Waals surface area contributed by atoms with E-state index in [-0.39, 0.29) is 6.03 Å². The van der Waals surface area contributed by atoms with Gasteiger partial charge in [-0.05, 0) is 30.2 Å². The van der Waals surface area contributed by atoms with Crippen molar-refractivity contribution < 1.29 is 9.53 Å². The molecule has 1 aromatic heterocycles. The number of nitrogens with one attached hydrogen (secondary N) is 2. The average Bonchev–Trinajstić information content (AvgIpc) is 2.53. The molecular formula is C16H19N3O2. The Morgan fingerprint density at radius 2 is 2.14 bits per heavy atom. The van der Waals surface area contributed by atoms with E-state index in [0.717, 1.165) is 17.7 Å². The molecule has 0 aliphatic heterocycles. The summed E-state index contributed by atoms with van der Waals surface area (Å²) < 4.78 is 5.14. The third-order valence-electron chi connectivity index (χ3n) is 3.08. The number of aromatic nitrogens is 1. The summed E-state index contributed by atoms with van der Waals surface area (Å²) in [6.07, 6.45) is 2.59. The van der Waals surface area contributed by atoms with Gasteiger partial charge in [0.1, 0.15) is 0 Å². The molecule has 5 nitrogen and oxygen atoms in total. The Morgan fingerprint density at radius 3 is 2.90 bits per heavy atom. The van der Waals surface area contributed by atoms with Gasteiger partial charge in [-0.2, -0.15) is 0 Å². The lowest BCUT2D eigenvalue weighted by Gasteiger charge is -2.10. The first-order chi connectivity index (χ1) is 10.2. The molecule has 0 atom stereocenters. The van der Waals surface area contributed by atoms with Crippen LogP contribution in [-0.2, 0) is 13.0 Å². The van der Waals surface area contributed by atoms with E-state index >= 15 is 0 Å². The fourth-order valence-electron chi connectivity index (χ4n) is 1.96. The van der Waals surface area contributed by atoms with Crippen molar-refractivity contribution in [2.75, 3.05) is 12.4 Å². The van der Waals surface area contributed by atoms with Gasteiger partial charge in [-0.3, -0.25) is 0 Å². The number of carbonyl (C=O) groups is 1. The van der Waals surface area contributed by atoms with Gasteiger partial charge in [0.15, 0.2) is 0 Å². The molecule has 2 rings (SSSR count). The lowest BCUT2D eigenvalue weighted by Crippen LogP contribution is -2.28. The lowest BCUT2D eigenvalue weighted by molar-refractivity contribution is 0.251. The average molecular weight is 285 g/mol. The predicted molar refractivity (Wildman–Crippen MR) is 82.5 cm³/mol. The molecule has 110 valence electrons. The number of methoxy groups -OCH3 is 1. The van der Waals surface area contributed by atoms with Crippen LogP contribution in [0.1, 0.15) is 18.1 Å². The molecule has 21 heavy (non-hydrogen) atoms. The minimum atomic E-state index is -0.255. The van der Waals surface area contributed by atoms with Crippen molar-refractivity contribution >= 4 is 11.7 Å². The van der Waals surface area contributed by atoms with Crippen LogP contribution in [0.15, 0.2) is 42.6 Å². The van der Waals surface area contributed by atoms with Crippen LogP contribution in [-0.4, -0.2) is 18.1 Å². The largest absolute Gasteiger partial charge is 0.481 e. The molecule has 0 unspecified atom stereocenters. The second-order valence-electron chi connectivity index (χ2n) is 4.53. The molecular weight excluding hydrogens is 266 g/mol. The van der Waals surface area contributed by atoms with Crippen molar-refractivity contribution in [1.82, 2.24) is 10.3 Å². The summed E-state index contributed by atoms with van der Waals surface area (Å²) in [5, 5.41) is 5.60. The SMILES string of the molecule is CCc1cccc(NC(=O)NCc2cccnc2OC)c1. The summed E-state index contributed by atoms with van der Waals surface area (Å²) in [7, 11) is 1.56. The first kappa shape index (κ1) is 14.8. The summed E-state index contributed by atoms with van der Waals surface area (Å²) in [5.74, 6) is 0.519. The highest BCUT2D eigenvalue weighted by atomic mass is 16.5. The highest BCUT2D eigenvalue weighted by molar-refractivity contribution is 5.89. The van der Waals surface area contributed by atoms with Crippen LogP contribution in [0.3, 0.4) is 0 Å². The van der Waals surface area contributed by atoms with E-state index in [0.29, 0.717) is 12.4 Å². The number of aryl methyl sites for hydroxylation is 1. The van der Waals surface area contributed by atoms with Gasteiger partial charge < -0.3 is 15.4 Å². The topological polar surface area (TPSA) is 63.2 Å². The van der Waals surface area contributed by atoms with E-state index in [1.165, 1.54) is 5.56 Å². The van der Waals surface area contributed by atoms with Crippen molar-refractivity contribution in [2.24, 2.45) is 0 Å². The van der Waals surface area contributed by atoms with Gasteiger partial charge in [-0.15, -0.1) is 0 Å². The van der Waals surface area contributed by atoms with Gasteiger partial charge >= 0.3 is 6.03 Å². The van der Waals surface area contributed by atoms with E-state index in [1.54, 1.807) is 13.3 Å². The summed E-state index contributed by atoms with van der Waals surface area (Å²) in [4.78, 5) is 16.0. The summed E-state index contributed by atoms with van der Waals surface area (Å²) >= 11 is 0. The van der Waals surface area contributed by atoms with Gasteiger partial charge in [0.05, 0.1) is 7.11 Å². The standard InChI is InChI=1S/C16H19N3O2/c1-3-12-6-4-8-14(10-12)19-16(20)18-11-13-7-5-9-17-15(13)21-2/h4-10H,3,11H2,1-2H3,(H2,18,19,20). The Kier molecular flexibility index (Phi) is 5.15. The zero-order valence-electron chi connectivity index (χ0n) is 12.2. The highest BCUT2D eigenvalue weighted by Gasteiger charge is 2.06. The Labute approximate surface area is 124 Å². The smallest absolute Gasteiger partial charge is 0.319 e. The summed E-state index contributed by atoms with van der Waals surface area (Å²) in [6.45, 7) is 2.43. The number of rotatable bonds is 5. The molecule has 2 amide bonds. The zero-order chi connectivity index (χ0) is 15.1. The van der Waals surface area contributed by atoms with E-state index in [2.05, 4.69) is 22.5 Å². The molecule has 0 aliphatic rings. The molecule has 1 heterocycles. The van der Waals surface area contributed by atoms with Crippen molar-refractivity contribution in [3.63, 3.8) is 0 Å². The third kappa shape index (κ3) is 4.21. The maximum absolute atomic E-state index is 11.9. The van der Waals surface area contributed by atoms with Gasteiger partial charge in [0.25, 0.3) is 0 Å². The Hall–Kier alpha value is -2.56. The Morgan fingerprint density at radius 1 is 1.29 bits per heavy atom. The second-order valence-corrected chi connectivity index (χ2v) is 4.53. The van der Waals surface area contributed by atoms with Crippen LogP contribution < -0.4 is 15.4 Å². The Bertz CT molecular complexity index is 614. The van der Waals surface area contributed by atoms with E-state index in [9.17, 15) is 4.79 Å². The fourth-order valence-corrected chi connectivity index (χ4v) is 1.96. The quantitative estimate of drug-likeness (QED) is 0.887. The van der Waals surface area contributed by atoms with Crippen LogP contribution in [0.5, 0.6) is 5.88 Å². The monoisotopic (exact) mass is 285 g/mol. The number of nitrogens with zero attached hydrogens (tertiary/aromatic N) is 1.